The number of nitrogens with zero attached hydrogens (tertiary/aromatic N) is 9. The van der Waals surface area contributed by atoms with Crippen LogP contribution in [-0.4, -0.2) is 60.8 Å². The highest BCUT2D eigenvalue weighted by Crippen LogP contribution is 2.25. The third-order valence-electron chi connectivity index (χ3n) is 6.24. The Labute approximate surface area is 197 Å². The maximum Gasteiger partial charge on any atom is 0.225 e. The zero-order chi connectivity index (χ0) is 22.9. The Kier molecular flexibility index (Phi) is 5.14. The SMILES string of the molecule is Cn1cc(-c2ccc3c(N4CCN(c5ncc(Cc6ccccc6)cn5)CC4)nnn3c2)cn1. The van der Waals surface area contributed by atoms with Gasteiger partial charge in [-0.15, -0.1) is 5.10 Å². The Balaban J connectivity index is 1.12. The van der Waals surface area contributed by atoms with Crippen LogP contribution >= 0.6 is 0 Å². The fourth-order valence-corrected chi connectivity index (χ4v) is 4.40. The quantitative estimate of drug-likeness (QED) is 0.406. The van der Waals surface area contributed by atoms with Crippen molar-refractivity contribution in [3.63, 3.8) is 0 Å². The van der Waals surface area contributed by atoms with Crippen LogP contribution in [0.5, 0.6) is 0 Å². The number of aromatic nitrogens is 7. The van der Waals surface area contributed by atoms with Crippen molar-refractivity contribution in [2.24, 2.45) is 7.05 Å². The van der Waals surface area contributed by atoms with Gasteiger partial charge in [0.1, 0.15) is 5.52 Å². The van der Waals surface area contributed by atoms with E-state index in [1.165, 1.54) is 5.56 Å². The van der Waals surface area contributed by atoms with Crippen LogP contribution in [0.1, 0.15) is 11.1 Å². The summed E-state index contributed by atoms with van der Waals surface area (Å²) in [6.07, 6.45) is 10.6. The molecule has 9 heteroatoms. The van der Waals surface area contributed by atoms with Crippen LogP contribution in [-0.2, 0) is 13.5 Å². The molecule has 5 aromatic rings. The van der Waals surface area contributed by atoms with Crippen molar-refractivity contribution in [1.29, 1.82) is 0 Å². The first-order chi connectivity index (χ1) is 16.7. The Morgan fingerprint density at radius 2 is 1.53 bits per heavy atom. The average Bonchev–Trinajstić information content (AvgIpc) is 3.51. The summed E-state index contributed by atoms with van der Waals surface area (Å²) in [5.41, 5.74) is 5.51. The van der Waals surface area contributed by atoms with Gasteiger partial charge in [-0.25, -0.2) is 14.5 Å². The van der Waals surface area contributed by atoms with Crippen LogP contribution in [0.25, 0.3) is 16.6 Å². The summed E-state index contributed by atoms with van der Waals surface area (Å²) in [5, 5.41) is 13.1. The molecule has 6 rings (SSSR count). The second kappa shape index (κ2) is 8.58. The number of hydrogen-bond donors (Lipinski definition) is 0. The average molecular weight is 452 g/mol. The van der Waals surface area contributed by atoms with Crippen LogP contribution in [0.4, 0.5) is 11.8 Å². The molecule has 0 radical (unpaired) electrons. The molecule has 170 valence electrons. The zero-order valence-electron chi connectivity index (χ0n) is 19.0. The van der Waals surface area contributed by atoms with E-state index in [-0.39, 0.29) is 0 Å². The van der Waals surface area contributed by atoms with Crippen LogP contribution in [0.2, 0.25) is 0 Å². The first kappa shape index (κ1) is 20.3. The summed E-state index contributed by atoms with van der Waals surface area (Å²) >= 11 is 0. The number of pyridine rings is 1. The molecule has 1 aliphatic heterocycles. The molecule has 1 aromatic carbocycles. The normalized spacial score (nSPS) is 14.1. The van der Waals surface area contributed by atoms with E-state index >= 15 is 0 Å². The largest absolute Gasteiger partial charge is 0.350 e. The van der Waals surface area contributed by atoms with Crippen molar-refractivity contribution in [2.45, 2.75) is 6.42 Å². The Hall–Kier alpha value is -4.27. The molecule has 0 bridgehead atoms. The number of fused-ring (bicyclic) bond motifs is 1. The standard InChI is InChI=1S/C25H25N9/c1-31-17-22(16-28-31)21-7-8-23-24(29-30-34(23)18-21)32-9-11-33(12-10-32)25-26-14-20(15-27-25)13-19-5-3-2-4-6-19/h2-8,14-18H,9-13H2,1H3. The number of piperazine rings is 1. The summed E-state index contributed by atoms with van der Waals surface area (Å²) in [6, 6.07) is 14.6. The van der Waals surface area contributed by atoms with Gasteiger partial charge in [-0.05, 0) is 17.2 Å². The molecule has 0 amide bonds. The van der Waals surface area contributed by atoms with Gasteiger partial charge < -0.3 is 9.80 Å². The topological polar surface area (TPSA) is 80.3 Å². The fourth-order valence-electron chi connectivity index (χ4n) is 4.40. The molecule has 0 unspecified atom stereocenters. The Morgan fingerprint density at radius 3 is 2.26 bits per heavy atom. The van der Waals surface area contributed by atoms with Gasteiger partial charge in [-0.2, -0.15) is 5.10 Å². The van der Waals surface area contributed by atoms with Gasteiger partial charge >= 0.3 is 0 Å². The van der Waals surface area contributed by atoms with Gasteiger partial charge in [0.05, 0.1) is 6.20 Å². The van der Waals surface area contributed by atoms with Crippen LogP contribution < -0.4 is 9.80 Å². The first-order valence-electron chi connectivity index (χ1n) is 11.4. The van der Waals surface area contributed by atoms with E-state index in [9.17, 15) is 0 Å². The molecule has 1 saturated heterocycles. The van der Waals surface area contributed by atoms with Crippen LogP contribution in [0.3, 0.4) is 0 Å². The highest BCUT2D eigenvalue weighted by molar-refractivity contribution is 5.72. The molecule has 0 spiro atoms. The van der Waals surface area contributed by atoms with Gasteiger partial charge in [-0.3, -0.25) is 4.68 Å². The van der Waals surface area contributed by atoms with Crippen LogP contribution in [0.15, 0.2) is 73.4 Å². The minimum absolute atomic E-state index is 0.783. The highest BCUT2D eigenvalue weighted by Gasteiger charge is 2.22. The van der Waals surface area contributed by atoms with Crippen molar-refractivity contribution < 1.29 is 0 Å². The minimum Gasteiger partial charge on any atom is -0.350 e. The molecule has 0 aliphatic carbocycles. The predicted molar refractivity (Wildman–Crippen MR) is 131 cm³/mol. The Bertz CT molecular complexity index is 1400. The molecule has 0 saturated carbocycles. The number of benzene rings is 1. The van der Waals surface area contributed by atoms with Crippen molar-refractivity contribution in [3.05, 3.63) is 84.6 Å². The van der Waals surface area contributed by atoms with Crippen molar-refractivity contribution in [1.82, 2.24) is 34.6 Å². The summed E-state index contributed by atoms with van der Waals surface area (Å²) in [4.78, 5) is 13.8. The molecule has 1 fully saturated rings. The lowest BCUT2D eigenvalue weighted by Crippen LogP contribution is -2.47. The lowest BCUT2D eigenvalue weighted by Gasteiger charge is -2.34. The van der Waals surface area contributed by atoms with E-state index < -0.39 is 0 Å². The molecule has 4 aromatic heterocycles. The van der Waals surface area contributed by atoms with E-state index in [0.717, 1.165) is 66.6 Å². The maximum atomic E-state index is 4.63. The van der Waals surface area contributed by atoms with Gasteiger partial charge in [0, 0.05) is 75.6 Å². The van der Waals surface area contributed by atoms with Gasteiger partial charge in [0.2, 0.25) is 5.95 Å². The van der Waals surface area contributed by atoms with E-state index in [1.807, 2.05) is 48.6 Å². The lowest BCUT2D eigenvalue weighted by atomic mass is 10.1. The highest BCUT2D eigenvalue weighted by atomic mass is 15.4. The number of hydrogen-bond acceptors (Lipinski definition) is 7. The fraction of sp³-hybridized carbons (Fsp3) is 0.240. The van der Waals surface area contributed by atoms with Gasteiger partial charge in [0.25, 0.3) is 0 Å². The lowest BCUT2D eigenvalue weighted by molar-refractivity contribution is 0.634. The van der Waals surface area contributed by atoms with E-state index in [1.54, 1.807) is 4.68 Å². The molecule has 34 heavy (non-hydrogen) atoms. The van der Waals surface area contributed by atoms with Gasteiger partial charge in [-0.1, -0.05) is 41.6 Å². The van der Waals surface area contributed by atoms with Crippen molar-refractivity contribution >= 4 is 17.3 Å². The molecule has 0 N–H and O–H groups in total. The van der Waals surface area contributed by atoms with Crippen LogP contribution in [0, 0.1) is 0 Å². The number of rotatable bonds is 5. The van der Waals surface area contributed by atoms with E-state index in [2.05, 4.69) is 71.6 Å². The van der Waals surface area contributed by atoms with Crippen molar-refractivity contribution in [2.75, 3.05) is 36.0 Å². The summed E-state index contributed by atoms with van der Waals surface area (Å²) in [6.45, 7) is 3.36. The summed E-state index contributed by atoms with van der Waals surface area (Å²) < 4.78 is 3.64. The zero-order valence-corrected chi connectivity index (χ0v) is 19.0. The third kappa shape index (κ3) is 3.96. The second-order valence-corrected chi connectivity index (χ2v) is 8.59. The third-order valence-corrected chi connectivity index (χ3v) is 6.24. The first-order valence-corrected chi connectivity index (χ1v) is 11.4. The maximum absolute atomic E-state index is 4.63. The number of aryl methyl sites for hydroxylation is 1. The second-order valence-electron chi connectivity index (χ2n) is 8.59. The van der Waals surface area contributed by atoms with E-state index in [4.69, 9.17) is 0 Å². The molecular formula is C25H25N9. The molecule has 1 aliphatic rings. The molecule has 5 heterocycles. The monoisotopic (exact) mass is 451 g/mol. The smallest absolute Gasteiger partial charge is 0.225 e. The summed E-state index contributed by atoms with van der Waals surface area (Å²) in [7, 11) is 1.92. The Morgan fingerprint density at radius 1 is 0.765 bits per heavy atom. The molecule has 9 nitrogen and oxygen atoms in total. The summed E-state index contributed by atoms with van der Waals surface area (Å²) in [5.74, 6) is 1.70. The van der Waals surface area contributed by atoms with Crippen molar-refractivity contribution in [3.8, 4) is 11.1 Å². The van der Waals surface area contributed by atoms with E-state index in [0.29, 0.717) is 0 Å². The molecular weight excluding hydrogens is 426 g/mol. The number of anilines is 2. The molecule has 0 atom stereocenters. The van der Waals surface area contributed by atoms with Gasteiger partial charge in [0.15, 0.2) is 5.82 Å². The predicted octanol–water partition coefficient (Wildman–Crippen LogP) is 2.84. The minimum atomic E-state index is 0.783.